The van der Waals surface area contributed by atoms with Crippen molar-refractivity contribution in [1.82, 2.24) is 0 Å². The van der Waals surface area contributed by atoms with Crippen LogP contribution in [0.2, 0.25) is 0 Å². The highest BCUT2D eigenvalue weighted by Gasteiger charge is 2.31. The average Bonchev–Trinajstić information content (AvgIpc) is 3.07. The standard InChI is InChI=1S/C24H26/c1-5-20-17(8-6-15(2)3)9-10-18-13-22-21-11-7-16(4)12-19(21)14-23(22)24(18)20/h6-7,9-12H,5,8,13-14H2,1-4H3. The van der Waals surface area contributed by atoms with Crippen molar-refractivity contribution in [1.29, 1.82) is 0 Å². The molecule has 0 saturated carbocycles. The maximum atomic E-state index is 2.38. The van der Waals surface area contributed by atoms with Crippen LogP contribution in [0.3, 0.4) is 0 Å². The predicted octanol–water partition coefficient (Wildman–Crippen LogP) is 6.09. The summed E-state index contributed by atoms with van der Waals surface area (Å²) in [6.45, 7) is 8.89. The number of fused-ring (bicyclic) bond motifs is 4. The first-order valence-electron chi connectivity index (χ1n) is 9.17. The maximum Gasteiger partial charge on any atom is -0.00104 e. The van der Waals surface area contributed by atoms with E-state index in [2.05, 4.69) is 64.1 Å². The molecular formula is C24H26. The molecular weight excluding hydrogens is 288 g/mol. The molecule has 24 heavy (non-hydrogen) atoms. The van der Waals surface area contributed by atoms with Gasteiger partial charge in [-0.25, -0.2) is 0 Å². The van der Waals surface area contributed by atoms with Crippen LogP contribution < -0.4 is 0 Å². The van der Waals surface area contributed by atoms with Gasteiger partial charge in [0.05, 0.1) is 0 Å². The lowest BCUT2D eigenvalue weighted by atomic mass is 9.89. The fourth-order valence-electron chi connectivity index (χ4n) is 4.43. The SMILES string of the molecule is CCc1c(CC=C(C)C)ccc2c1C1=C(C2)c2ccc(C)cc2C1. The molecule has 0 heterocycles. The van der Waals surface area contributed by atoms with Gasteiger partial charge in [0, 0.05) is 0 Å². The summed E-state index contributed by atoms with van der Waals surface area (Å²) in [5.41, 5.74) is 15.2. The number of rotatable bonds is 3. The first-order chi connectivity index (χ1) is 11.6. The molecule has 0 aliphatic heterocycles. The third kappa shape index (κ3) is 2.36. The van der Waals surface area contributed by atoms with Crippen molar-refractivity contribution in [2.75, 3.05) is 0 Å². The van der Waals surface area contributed by atoms with Crippen molar-refractivity contribution >= 4 is 11.1 Å². The van der Waals surface area contributed by atoms with Crippen LogP contribution in [-0.2, 0) is 25.7 Å². The van der Waals surface area contributed by atoms with Gasteiger partial charge >= 0.3 is 0 Å². The first-order valence-corrected chi connectivity index (χ1v) is 9.17. The summed E-state index contributed by atoms with van der Waals surface area (Å²) in [6, 6.07) is 11.7. The Morgan fingerprint density at radius 1 is 1.00 bits per heavy atom. The Morgan fingerprint density at radius 2 is 1.79 bits per heavy atom. The molecule has 0 spiro atoms. The molecule has 2 aromatic carbocycles. The lowest BCUT2D eigenvalue weighted by molar-refractivity contribution is 1.05. The van der Waals surface area contributed by atoms with Gasteiger partial charge < -0.3 is 0 Å². The molecule has 0 saturated heterocycles. The van der Waals surface area contributed by atoms with Crippen molar-refractivity contribution in [2.45, 2.75) is 53.4 Å². The van der Waals surface area contributed by atoms with E-state index in [1.54, 1.807) is 27.8 Å². The topological polar surface area (TPSA) is 0 Å². The van der Waals surface area contributed by atoms with E-state index in [1.165, 1.54) is 27.8 Å². The molecule has 0 heteroatoms. The second-order valence-electron chi connectivity index (χ2n) is 7.55. The van der Waals surface area contributed by atoms with E-state index in [0.717, 1.165) is 25.7 Å². The average molecular weight is 314 g/mol. The summed E-state index contributed by atoms with van der Waals surface area (Å²) in [6.07, 6.45) is 6.79. The molecule has 0 nitrogen and oxygen atoms in total. The highest BCUT2D eigenvalue weighted by atomic mass is 14.3. The van der Waals surface area contributed by atoms with Crippen molar-refractivity contribution in [3.05, 3.63) is 80.9 Å². The second kappa shape index (κ2) is 5.77. The molecule has 0 radical (unpaired) electrons. The van der Waals surface area contributed by atoms with E-state index in [0.29, 0.717) is 0 Å². The molecule has 2 aromatic rings. The summed E-state index contributed by atoms with van der Waals surface area (Å²) in [7, 11) is 0. The van der Waals surface area contributed by atoms with Gasteiger partial charge in [0.1, 0.15) is 0 Å². The highest BCUT2D eigenvalue weighted by molar-refractivity contribution is 6.03. The fourth-order valence-corrected chi connectivity index (χ4v) is 4.43. The minimum Gasteiger partial charge on any atom is -0.0815 e. The van der Waals surface area contributed by atoms with Crippen molar-refractivity contribution in [2.24, 2.45) is 0 Å². The van der Waals surface area contributed by atoms with Crippen LogP contribution in [0.1, 0.15) is 59.7 Å². The van der Waals surface area contributed by atoms with Crippen LogP contribution in [-0.4, -0.2) is 0 Å². The normalized spacial score (nSPS) is 14.5. The Bertz CT molecular complexity index is 886. The zero-order chi connectivity index (χ0) is 16.8. The van der Waals surface area contributed by atoms with Crippen LogP contribution in [0.5, 0.6) is 0 Å². The highest BCUT2D eigenvalue weighted by Crippen LogP contribution is 2.48. The van der Waals surface area contributed by atoms with Crippen LogP contribution in [0, 0.1) is 6.92 Å². The lowest BCUT2D eigenvalue weighted by Crippen LogP contribution is -2.01. The van der Waals surface area contributed by atoms with Gasteiger partial charge in [0.25, 0.3) is 0 Å². The van der Waals surface area contributed by atoms with Crippen LogP contribution in [0.4, 0.5) is 0 Å². The Morgan fingerprint density at radius 3 is 2.54 bits per heavy atom. The lowest BCUT2D eigenvalue weighted by Gasteiger charge is -2.15. The van der Waals surface area contributed by atoms with E-state index < -0.39 is 0 Å². The number of allylic oxidation sites excluding steroid dienone is 4. The molecule has 0 bridgehead atoms. The van der Waals surface area contributed by atoms with Gasteiger partial charge in [-0.15, -0.1) is 0 Å². The molecule has 2 aliphatic rings. The Balaban J connectivity index is 1.81. The van der Waals surface area contributed by atoms with Crippen molar-refractivity contribution in [3.8, 4) is 0 Å². The minimum atomic E-state index is 1.06. The van der Waals surface area contributed by atoms with E-state index in [1.807, 2.05) is 0 Å². The Labute approximate surface area is 145 Å². The Hall–Kier alpha value is -2.08. The van der Waals surface area contributed by atoms with Gasteiger partial charge in [-0.3, -0.25) is 0 Å². The van der Waals surface area contributed by atoms with Gasteiger partial charge in [0.15, 0.2) is 0 Å². The van der Waals surface area contributed by atoms with Crippen LogP contribution in [0.25, 0.3) is 11.1 Å². The fraction of sp³-hybridized carbons (Fsp3) is 0.333. The van der Waals surface area contributed by atoms with Crippen molar-refractivity contribution < 1.29 is 0 Å². The number of hydrogen-bond donors (Lipinski definition) is 0. The quantitative estimate of drug-likeness (QED) is 0.601. The summed E-state index contributed by atoms with van der Waals surface area (Å²) in [5, 5.41) is 0. The first kappa shape index (κ1) is 15.4. The van der Waals surface area contributed by atoms with Gasteiger partial charge in [-0.1, -0.05) is 54.5 Å². The molecule has 0 amide bonds. The molecule has 0 aromatic heterocycles. The van der Waals surface area contributed by atoms with Gasteiger partial charge in [-0.2, -0.15) is 0 Å². The molecule has 0 atom stereocenters. The zero-order valence-electron chi connectivity index (χ0n) is 15.3. The summed E-state index contributed by atoms with van der Waals surface area (Å²) in [5.74, 6) is 0. The zero-order valence-corrected chi connectivity index (χ0v) is 15.3. The van der Waals surface area contributed by atoms with E-state index in [9.17, 15) is 0 Å². The molecule has 4 rings (SSSR count). The molecule has 122 valence electrons. The molecule has 0 unspecified atom stereocenters. The smallest absolute Gasteiger partial charge is 0.00104 e. The van der Waals surface area contributed by atoms with Crippen LogP contribution in [0.15, 0.2) is 42.0 Å². The van der Waals surface area contributed by atoms with Crippen molar-refractivity contribution in [3.63, 3.8) is 0 Å². The summed E-state index contributed by atoms with van der Waals surface area (Å²) >= 11 is 0. The number of benzene rings is 2. The Kier molecular flexibility index (Phi) is 3.72. The van der Waals surface area contributed by atoms with Gasteiger partial charge in [-0.05, 0) is 91.0 Å². The van der Waals surface area contributed by atoms with E-state index in [-0.39, 0.29) is 0 Å². The number of hydrogen-bond acceptors (Lipinski definition) is 0. The predicted molar refractivity (Wildman–Crippen MR) is 104 cm³/mol. The molecule has 2 aliphatic carbocycles. The minimum absolute atomic E-state index is 1.06. The maximum absolute atomic E-state index is 2.38. The number of aryl methyl sites for hydroxylation is 1. The molecule has 0 N–H and O–H groups in total. The second-order valence-corrected chi connectivity index (χ2v) is 7.55. The van der Waals surface area contributed by atoms with Gasteiger partial charge in [0.2, 0.25) is 0 Å². The van der Waals surface area contributed by atoms with E-state index >= 15 is 0 Å². The third-order valence-electron chi connectivity index (χ3n) is 5.57. The van der Waals surface area contributed by atoms with Crippen LogP contribution >= 0.6 is 0 Å². The summed E-state index contributed by atoms with van der Waals surface area (Å²) < 4.78 is 0. The molecule has 0 fully saturated rings. The summed E-state index contributed by atoms with van der Waals surface area (Å²) in [4.78, 5) is 0. The van der Waals surface area contributed by atoms with E-state index in [4.69, 9.17) is 0 Å². The monoisotopic (exact) mass is 314 g/mol. The third-order valence-corrected chi connectivity index (χ3v) is 5.57. The largest absolute Gasteiger partial charge is 0.0815 e.